The van der Waals surface area contributed by atoms with Gasteiger partial charge in [-0.05, 0) is 61.4 Å². The molecule has 1 amide bonds. The van der Waals surface area contributed by atoms with Crippen molar-refractivity contribution in [3.05, 3.63) is 83.8 Å². The predicted octanol–water partition coefficient (Wildman–Crippen LogP) is 4.64. The fraction of sp³-hybridized carbons (Fsp3) is 0.208. The molecule has 0 fully saturated rings. The average Bonchev–Trinajstić information content (AvgIpc) is 3.49. The minimum absolute atomic E-state index is 0.135. The SMILES string of the molecule is Cc1ccccc1-c1nnc(-c2ccc(C(=O)NCCCOCc3ccco3)cc2)o1. The van der Waals surface area contributed by atoms with Gasteiger partial charge in [-0.3, -0.25) is 4.79 Å². The van der Waals surface area contributed by atoms with Gasteiger partial charge in [-0.2, -0.15) is 0 Å². The first-order valence-corrected chi connectivity index (χ1v) is 10.1. The molecule has 0 aliphatic heterocycles. The Kier molecular flexibility index (Phi) is 6.54. The van der Waals surface area contributed by atoms with Crippen molar-refractivity contribution in [3.63, 3.8) is 0 Å². The number of ether oxygens (including phenoxy) is 1. The number of amides is 1. The number of furan rings is 1. The number of hydrogen-bond donors (Lipinski definition) is 1. The van der Waals surface area contributed by atoms with Crippen molar-refractivity contribution >= 4 is 5.91 Å². The molecule has 1 N–H and O–H groups in total. The minimum Gasteiger partial charge on any atom is -0.467 e. The number of aryl methyl sites for hydroxylation is 1. The number of nitrogens with one attached hydrogen (secondary N) is 1. The number of carbonyl (C=O) groups excluding carboxylic acids is 1. The Balaban J connectivity index is 1.27. The molecule has 31 heavy (non-hydrogen) atoms. The normalized spacial score (nSPS) is 10.9. The van der Waals surface area contributed by atoms with Crippen molar-refractivity contribution in [2.24, 2.45) is 0 Å². The van der Waals surface area contributed by atoms with E-state index in [1.807, 2.05) is 43.3 Å². The van der Waals surface area contributed by atoms with E-state index in [9.17, 15) is 4.79 Å². The lowest BCUT2D eigenvalue weighted by molar-refractivity contribution is 0.0917. The first kappa shape index (κ1) is 20.6. The molecule has 0 unspecified atom stereocenters. The molecule has 0 saturated heterocycles. The highest BCUT2D eigenvalue weighted by atomic mass is 16.5. The van der Waals surface area contributed by atoms with Crippen LogP contribution in [0.5, 0.6) is 0 Å². The van der Waals surface area contributed by atoms with E-state index < -0.39 is 0 Å². The van der Waals surface area contributed by atoms with Gasteiger partial charge in [0.1, 0.15) is 12.4 Å². The second-order valence-corrected chi connectivity index (χ2v) is 7.05. The summed E-state index contributed by atoms with van der Waals surface area (Å²) in [5.74, 6) is 1.54. The Morgan fingerprint density at radius 1 is 1.00 bits per heavy atom. The van der Waals surface area contributed by atoms with Crippen molar-refractivity contribution in [1.29, 1.82) is 0 Å². The quantitative estimate of drug-likeness (QED) is 0.399. The molecule has 158 valence electrons. The highest BCUT2D eigenvalue weighted by molar-refractivity contribution is 5.94. The molecule has 0 aliphatic carbocycles. The summed E-state index contributed by atoms with van der Waals surface area (Å²) in [4.78, 5) is 12.3. The summed E-state index contributed by atoms with van der Waals surface area (Å²) >= 11 is 0. The number of aromatic nitrogens is 2. The average molecular weight is 417 g/mol. The summed E-state index contributed by atoms with van der Waals surface area (Å²) in [6, 6.07) is 18.6. The third-order valence-corrected chi connectivity index (χ3v) is 4.77. The molecule has 0 spiro atoms. The summed E-state index contributed by atoms with van der Waals surface area (Å²) in [7, 11) is 0. The van der Waals surface area contributed by atoms with Crippen LogP contribution in [0.4, 0.5) is 0 Å². The van der Waals surface area contributed by atoms with Crippen LogP contribution in [0, 0.1) is 6.92 Å². The van der Waals surface area contributed by atoms with Crippen LogP contribution in [0.15, 0.2) is 75.8 Å². The fourth-order valence-corrected chi connectivity index (χ4v) is 3.07. The Hall–Kier alpha value is -3.71. The van der Waals surface area contributed by atoms with E-state index in [2.05, 4.69) is 15.5 Å². The van der Waals surface area contributed by atoms with Crippen LogP contribution in [0.1, 0.15) is 28.1 Å². The van der Waals surface area contributed by atoms with Crippen LogP contribution in [0.25, 0.3) is 22.9 Å². The summed E-state index contributed by atoms with van der Waals surface area (Å²) in [5.41, 5.74) is 3.30. The van der Waals surface area contributed by atoms with Gasteiger partial charge in [-0.25, -0.2) is 0 Å². The van der Waals surface area contributed by atoms with E-state index in [0.29, 0.717) is 43.5 Å². The molecule has 4 aromatic rings. The molecular formula is C24H23N3O4. The number of carbonyl (C=O) groups is 1. The number of benzene rings is 2. The summed E-state index contributed by atoms with van der Waals surface area (Å²) < 4.78 is 16.5. The van der Waals surface area contributed by atoms with Gasteiger partial charge in [0.25, 0.3) is 5.91 Å². The van der Waals surface area contributed by atoms with Crippen LogP contribution < -0.4 is 5.32 Å². The molecule has 2 aromatic carbocycles. The smallest absolute Gasteiger partial charge is 0.251 e. The number of hydrogen-bond acceptors (Lipinski definition) is 6. The molecular weight excluding hydrogens is 394 g/mol. The summed E-state index contributed by atoms with van der Waals surface area (Å²) in [6.07, 6.45) is 2.33. The molecule has 2 aromatic heterocycles. The maximum atomic E-state index is 12.3. The number of nitrogens with zero attached hydrogens (tertiary/aromatic N) is 2. The van der Waals surface area contributed by atoms with E-state index in [-0.39, 0.29) is 5.91 Å². The zero-order valence-electron chi connectivity index (χ0n) is 17.2. The topological polar surface area (TPSA) is 90.4 Å². The Morgan fingerprint density at radius 3 is 2.58 bits per heavy atom. The Morgan fingerprint density at radius 2 is 1.81 bits per heavy atom. The summed E-state index contributed by atoms with van der Waals surface area (Å²) in [5, 5.41) is 11.2. The van der Waals surface area contributed by atoms with E-state index in [4.69, 9.17) is 13.6 Å². The van der Waals surface area contributed by atoms with Gasteiger partial charge in [-0.1, -0.05) is 18.2 Å². The molecule has 0 saturated carbocycles. The minimum atomic E-state index is -0.135. The van der Waals surface area contributed by atoms with Crippen molar-refractivity contribution < 1.29 is 18.4 Å². The van der Waals surface area contributed by atoms with Crippen molar-refractivity contribution in [3.8, 4) is 22.9 Å². The molecule has 0 atom stereocenters. The first-order valence-electron chi connectivity index (χ1n) is 10.1. The molecule has 2 heterocycles. The van der Waals surface area contributed by atoms with Crippen molar-refractivity contribution in [1.82, 2.24) is 15.5 Å². The highest BCUT2D eigenvalue weighted by Gasteiger charge is 2.13. The second-order valence-electron chi connectivity index (χ2n) is 7.05. The highest BCUT2D eigenvalue weighted by Crippen LogP contribution is 2.26. The van der Waals surface area contributed by atoms with Crippen LogP contribution in [0.2, 0.25) is 0 Å². The van der Waals surface area contributed by atoms with Gasteiger partial charge in [-0.15, -0.1) is 10.2 Å². The monoisotopic (exact) mass is 417 g/mol. The van der Waals surface area contributed by atoms with Gasteiger partial charge in [0.2, 0.25) is 11.8 Å². The van der Waals surface area contributed by atoms with Crippen LogP contribution in [-0.2, 0) is 11.3 Å². The predicted molar refractivity (Wildman–Crippen MR) is 115 cm³/mol. The van der Waals surface area contributed by atoms with Gasteiger partial charge < -0.3 is 18.9 Å². The zero-order chi connectivity index (χ0) is 21.5. The maximum Gasteiger partial charge on any atom is 0.251 e. The molecule has 4 rings (SSSR count). The third-order valence-electron chi connectivity index (χ3n) is 4.77. The van der Waals surface area contributed by atoms with Gasteiger partial charge in [0, 0.05) is 29.8 Å². The van der Waals surface area contributed by atoms with Crippen molar-refractivity contribution in [2.75, 3.05) is 13.2 Å². The second kappa shape index (κ2) is 9.86. The zero-order valence-corrected chi connectivity index (χ0v) is 17.2. The van der Waals surface area contributed by atoms with E-state index in [0.717, 1.165) is 22.5 Å². The molecule has 7 heteroatoms. The lowest BCUT2D eigenvalue weighted by atomic mass is 10.1. The van der Waals surface area contributed by atoms with Crippen LogP contribution in [0.3, 0.4) is 0 Å². The van der Waals surface area contributed by atoms with Crippen molar-refractivity contribution in [2.45, 2.75) is 20.0 Å². The largest absolute Gasteiger partial charge is 0.467 e. The van der Waals surface area contributed by atoms with Crippen LogP contribution in [-0.4, -0.2) is 29.3 Å². The third kappa shape index (κ3) is 5.26. The fourth-order valence-electron chi connectivity index (χ4n) is 3.07. The Bertz CT molecular complexity index is 1120. The van der Waals surface area contributed by atoms with Gasteiger partial charge >= 0.3 is 0 Å². The van der Waals surface area contributed by atoms with Gasteiger partial charge in [0.15, 0.2) is 0 Å². The first-order chi connectivity index (χ1) is 15.2. The maximum absolute atomic E-state index is 12.3. The lowest BCUT2D eigenvalue weighted by Gasteiger charge is -2.06. The van der Waals surface area contributed by atoms with E-state index in [1.54, 1.807) is 30.5 Å². The number of rotatable bonds is 9. The molecule has 0 radical (unpaired) electrons. The van der Waals surface area contributed by atoms with E-state index in [1.165, 1.54) is 0 Å². The lowest BCUT2D eigenvalue weighted by Crippen LogP contribution is -2.25. The summed E-state index contributed by atoms with van der Waals surface area (Å²) in [6.45, 7) is 3.50. The van der Waals surface area contributed by atoms with E-state index >= 15 is 0 Å². The van der Waals surface area contributed by atoms with Crippen LogP contribution >= 0.6 is 0 Å². The molecule has 0 aliphatic rings. The molecule has 7 nitrogen and oxygen atoms in total. The Labute approximate surface area is 180 Å². The standard InChI is InChI=1S/C24H23N3O4/c1-17-6-2-3-8-21(17)24-27-26-23(31-24)19-11-9-18(10-12-19)22(28)25-13-5-14-29-16-20-7-4-15-30-20/h2-4,6-12,15H,5,13-14,16H2,1H3,(H,25,28). The van der Waals surface area contributed by atoms with Gasteiger partial charge in [0.05, 0.1) is 6.26 Å². The molecule has 0 bridgehead atoms.